The van der Waals surface area contributed by atoms with Gasteiger partial charge in [0.1, 0.15) is 0 Å². The lowest BCUT2D eigenvalue weighted by molar-refractivity contribution is 0.670. The van der Waals surface area contributed by atoms with Gasteiger partial charge in [-0.05, 0) is 52.4 Å². The molecule has 2 aromatic rings. The summed E-state index contributed by atoms with van der Waals surface area (Å²) in [4.78, 5) is 0. The van der Waals surface area contributed by atoms with E-state index >= 15 is 0 Å². The number of hydrogen-bond acceptors (Lipinski definition) is 3. The number of rotatable bonds is 4. The summed E-state index contributed by atoms with van der Waals surface area (Å²) in [5.41, 5.74) is 2.25. The lowest BCUT2D eigenvalue weighted by Crippen LogP contribution is -2.13. The number of aromatic nitrogens is 2. The van der Waals surface area contributed by atoms with Gasteiger partial charge in [-0.15, -0.1) is 0 Å². The maximum atomic E-state index is 4.01. The molecule has 3 nitrogen and oxygen atoms in total. The summed E-state index contributed by atoms with van der Waals surface area (Å²) in [7, 11) is 0. The van der Waals surface area contributed by atoms with Gasteiger partial charge in [-0.3, -0.25) is 0 Å². The fourth-order valence-corrected chi connectivity index (χ4v) is 1.72. The van der Waals surface area contributed by atoms with E-state index in [1.807, 2.05) is 12.1 Å². The average Bonchev–Trinajstić information content (AvgIpc) is 2.33. The van der Waals surface area contributed by atoms with Gasteiger partial charge in [-0.2, -0.15) is 10.2 Å². The van der Waals surface area contributed by atoms with Gasteiger partial charge in [0.15, 0.2) is 0 Å². The minimum Gasteiger partial charge on any atom is -0.307 e. The first-order valence-corrected chi connectivity index (χ1v) is 6.14. The van der Waals surface area contributed by atoms with Crippen molar-refractivity contribution in [3.63, 3.8) is 0 Å². The predicted molar refractivity (Wildman–Crippen MR) is 71.7 cm³/mol. The van der Waals surface area contributed by atoms with E-state index < -0.39 is 0 Å². The summed E-state index contributed by atoms with van der Waals surface area (Å²) in [5.74, 6) is 0. The molecular weight excluding hydrogens is 313 g/mol. The van der Waals surface area contributed by atoms with E-state index in [4.69, 9.17) is 0 Å². The molecule has 0 aliphatic rings. The Bertz CT molecular complexity index is 428. The first-order chi connectivity index (χ1) is 7.84. The largest absolute Gasteiger partial charge is 0.307 e. The van der Waals surface area contributed by atoms with Crippen LogP contribution in [0.5, 0.6) is 0 Å². The van der Waals surface area contributed by atoms with E-state index in [2.05, 4.69) is 62.4 Å². The molecule has 1 aromatic carbocycles. The molecule has 0 saturated heterocycles. The molecule has 1 aromatic heterocycles. The van der Waals surface area contributed by atoms with E-state index in [1.54, 1.807) is 6.20 Å². The van der Waals surface area contributed by atoms with Gasteiger partial charge in [0, 0.05) is 22.9 Å². The Labute approximate surface area is 108 Å². The highest BCUT2D eigenvalue weighted by atomic mass is 127. The highest BCUT2D eigenvalue weighted by Crippen LogP contribution is 2.06. The molecule has 1 N–H and O–H groups in total. The number of halogens is 1. The number of hydrogen-bond donors (Lipinski definition) is 1. The van der Waals surface area contributed by atoms with Crippen LogP contribution in [-0.4, -0.2) is 10.2 Å². The molecular formula is C12H12IN3. The van der Waals surface area contributed by atoms with Gasteiger partial charge in [-0.1, -0.05) is 12.1 Å². The molecule has 0 fully saturated rings. The molecule has 4 heteroatoms. The summed E-state index contributed by atoms with van der Waals surface area (Å²) in [6.45, 7) is 1.60. The molecule has 0 atom stereocenters. The minimum absolute atomic E-state index is 0.750. The molecule has 0 spiro atoms. The smallest absolute Gasteiger partial charge is 0.0769 e. The van der Waals surface area contributed by atoms with Crippen LogP contribution in [0, 0.1) is 3.57 Å². The van der Waals surface area contributed by atoms with E-state index in [9.17, 15) is 0 Å². The lowest BCUT2D eigenvalue weighted by atomic mass is 10.2. The summed E-state index contributed by atoms with van der Waals surface area (Å²) in [6, 6.07) is 12.3. The van der Waals surface area contributed by atoms with Crippen molar-refractivity contribution in [2.75, 3.05) is 0 Å². The molecule has 0 aliphatic heterocycles. The molecule has 0 unspecified atom stereocenters. The van der Waals surface area contributed by atoms with E-state index in [0.29, 0.717) is 0 Å². The van der Waals surface area contributed by atoms with Gasteiger partial charge in [0.2, 0.25) is 0 Å². The van der Waals surface area contributed by atoms with Crippen molar-refractivity contribution in [3.8, 4) is 0 Å². The van der Waals surface area contributed by atoms with Crippen molar-refractivity contribution < 1.29 is 0 Å². The Morgan fingerprint density at radius 2 is 1.88 bits per heavy atom. The van der Waals surface area contributed by atoms with Crippen molar-refractivity contribution in [3.05, 3.63) is 57.4 Å². The van der Waals surface area contributed by atoms with Crippen LogP contribution in [-0.2, 0) is 13.1 Å². The van der Waals surface area contributed by atoms with Crippen molar-refractivity contribution in [1.82, 2.24) is 15.5 Å². The molecule has 2 rings (SSSR count). The molecule has 0 bridgehead atoms. The highest BCUT2D eigenvalue weighted by molar-refractivity contribution is 14.1. The second kappa shape index (κ2) is 5.91. The van der Waals surface area contributed by atoms with Crippen LogP contribution < -0.4 is 5.32 Å². The van der Waals surface area contributed by atoms with E-state index in [1.165, 1.54) is 9.13 Å². The summed E-state index contributed by atoms with van der Waals surface area (Å²) < 4.78 is 1.26. The van der Waals surface area contributed by atoms with Crippen LogP contribution in [0.2, 0.25) is 0 Å². The van der Waals surface area contributed by atoms with E-state index in [0.717, 1.165) is 18.8 Å². The summed E-state index contributed by atoms with van der Waals surface area (Å²) >= 11 is 2.30. The summed E-state index contributed by atoms with van der Waals surface area (Å²) in [5, 5.41) is 11.2. The summed E-state index contributed by atoms with van der Waals surface area (Å²) in [6.07, 6.45) is 1.68. The zero-order valence-corrected chi connectivity index (χ0v) is 10.9. The third-order valence-electron chi connectivity index (χ3n) is 2.18. The highest BCUT2D eigenvalue weighted by Gasteiger charge is 1.95. The topological polar surface area (TPSA) is 37.8 Å². The molecule has 0 aliphatic carbocycles. The van der Waals surface area contributed by atoms with Crippen LogP contribution in [0.25, 0.3) is 0 Å². The average molecular weight is 325 g/mol. The van der Waals surface area contributed by atoms with E-state index in [-0.39, 0.29) is 0 Å². The predicted octanol–water partition coefficient (Wildman–Crippen LogP) is 2.37. The van der Waals surface area contributed by atoms with Crippen LogP contribution in [0.15, 0.2) is 42.6 Å². The second-order valence-corrected chi connectivity index (χ2v) is 4.69. The zero-order chi connectivity index (χ0) is 11.2. The SMILES string of the molecule is Ic1ccc(CNCc2cccnn2)cc1. The van der Waals surface area contributed by atoms with Crippen molar-refractivity contribution >= 4 is 22.6 Å². The van der Waals surface area contributed by atoms with Gasteiger partial charge in [0.05, 0.1) is 5.69 Å². The second-order valence-electron chi connectivity index (χ2n) is 3.45. The molecule has 1 heterocycles. The van der Waals surface area contributed by atoms with Crippen LogP contribution >= 0.6 is 22.6 Å². The standard InChI is InChI=1S/C12H12IN3/c13-11-5-3-10(4-6-11)8-14-9-12-2-1-7-15-16-12/h1-7,14H,8-9H2. The molecule has 82 valence electrons. The normalized spacial score (nSPS) is 10.3. The third kappa shape index (κ3) is 3.53. The maximum Gasteiger partial charge on any atom is 0.0769 e. The van der Waals surface area contributed by atoms with Gasteiger partial charge in [0.25, 0.3) is 0 Å². The Kier molecular flexibility index (Phi) is 4.24. The molecule has 16 heavy (non-hydrogen) atoms. The fourth-order valence-electron chi connectivity index (χ4n) is 1.36. The molecule has 0 saturated carbocycles. The third-order valence-corrected chi connectivity index (χ3v) is 2.90. The van der Waals surface area contributed by atoms with Crippen molar-refractivity contribution in [2.24, 2.45) is 0 Å². The Morgan fingerprint density at radius 3 is 2.56 bits per heavy atom. The van der Waals surface area contributed by atoms with Crippen LogP contribution in [0.1, 0.15) is 11.3 Å². The first kappa shape index (κ1) is 11.5. The Balaban J connectivity index is 1.82. The van der Waals surface area contributed by atoms with Crippen LogP contribution in [0.4, 0.5) is 0 Å². The zero-order valence-electron chi connectivity index (χ0n) is 8.73. The number of nitrogens with zero attached hydrogens (tertiary/aromatic N) is 2. The number of nitrogens with one attached hydrogen (secondary N) is 1. The van der Waals surface area contributed by atoms with Gasteiger partial charge < -0.3 is 5.32 Å². The lowest BCUT2D eigenvalue weighted by Gasteiger charge is -2.03. The van der Waals surface area contributed by atoms with Crippen molar-refractivity contribution in [1.29, 1.82) is 0 Å². The first-order valence-electron chi connectivity index (χ1n) is 5.06. The monoisotopic (exact) mass is 325 g/mol. The Morgan fingerprint density at radius 1 is 1.06 bits per heavy atom. The molecule has 0 radical (unpaired) electrons. The molecule has 0 amide bonds. The number of benzene rings is 1. The van der Waals surface area contributed by atoms with Gasteiger partial charge in [-0.25, -0.2) is 0 Å². The van der Waals surface area contributed by atoms with Crippen LogP contribution in [0.3, 0.4) is 0 Å². The quantitative estimate of drug-likeness (QED) is 0.877. The maximum absolute atomic E-state index is 4.01. The van der Waals surface area contributed by atoms with Gasteiger partial charge >= 0.3 is 0 Å². The minimum atomic E-state index is 0.750. The fraction of sp³-hybridized carbons (Fsp3) is 0.167. The Hall–Kier alpha value is -1.01. The van der Waals surface area contributed by atoms with Crippen molar-refractivity contribution in [2.45, 2.75) is 13.1 Å².